The van der Waals surface area contributed by atoms with Gasteiger partial charge in [0, 0.05) is 32.2 Å². The molecule has 1 aliphatic rings. The van der Waals surface area contributed by atoms with Crippen molar-refractivity contribution in [2.24, 2.45) is 0 Å². The maximum atomic E-state index is 12.4. The predicted molar refractivity (Wildman–Crippen MR) is 105 cm³/mol. The number of rotatable bonds is 6. The van der Waals surface area contributed by atoms with Crippen molar-refractivity contribution in [1.29, 1.82) is 0 Å². The fourth-order valence-corrected chi connectivity index (χ4v) is 3.42. The van der Waals surface area contributed by atoms with Crippen molar-refractivity contribution in [2.75, 3.05) is 32.5 Å². The lowest BCUT2D eigenvalue weighted by Crippen LogP contribution is -2.33. The van der Waals surface area contributed by atoms with Gasteiger partial charge in [-0.3, -0.25) is 9.69 Å². The lowest BCUT2D eigenvalue weighted by Gasteiger charge is -2.28. The molecule has 5 nitrogen and oxygen atoms in total. The second-order valence-corrected chi connectivity index (χ2v) is 6.89. The Morgan fingerprint density at radius 3 is 2.85 bits per heavy atom. The van der Waals surface area contributed by atoms with Crippen LogP contribution >= 0.6 is 11.6 Å². The van der Waals surface area contributed by atoms with Crippen molar-refractivity contribution in [3.8, 4) is 5.75 Å². The number of hydrogen-bond donors (Lipinski definition) is 2. The summed E-state index contributed by atoms with van der Waals surface area (Å²) in [6.45, 7) is 3.59. The molecule has 0 spiro atoms. The zero-order valence-electron chi connectivity index (χ0n) is 14.9. The molecule has 0 fully saturated rings. The molecule has 1 heterocycles. The largest absolute Gasteiger partial charge is 0.496 e. The Bertz CT molecular complexity index is 795. The van der Waals surface area contributed by atoms with Gasteiger partial charge in [-0.25, -0.2) is 0 Å². The van der Waals surface area contributed by atoms with E-state index in [0.29, 0.717) is 28.6 Å². The molecule has 1 amide bonds. The smallest absolute Gasteiger partial charge is 0.255 e. The SMILES string of the molecule is COc1cc(N)c(Cl)cc1C(=O)NCCCN1CCc2ccccc2C1. The predicted octanol–water partition coefficient (Wildman–Crippen LogP) is 3.11. The third kappa shape index (κ3) is 4.29. The van der Waals surface area contributed by atoms with Crippen LogP contribution in [0.25, 0.3) is 0 Å². The summed E-state index contributed by atoms with van der Waals surface area (Å²) in [5.41, 5.74) is 9.40. The molecule has 0 saturated heterocycles. The molecule has 26 heavy (non-hydrogen) atoms. The van der Waals surface area contributed by atoms with Crippen LogP contribution in [-0.2, 0) is 13.0 Å². The van der Waals surface area contributed by atoms with E-state index in [1.54, 1.807) is 12.1 Å². The van der Waals surface area contributed by atoms with Crippen LogP contribution in [0, 0.1) is 0 Å². The van der Waals surface area contributed by atoms with E-state index >= 15 is 0 Å². The van der Waals surface area contributed by atoms with E-state index in [1.807, 2.05) is 0 Å². The monoisotopic (exact) mass is 373 g/mol. The summed E-state index contributed by atoms with van der Waals surface area (Å²) < 4.78 is 5.23. The van der Waals surface area contributed by atoms with E-state index in [-0.39, 0.29) is 5.91 Å². The molecule has 0 aromatic heterocycles. The number of nitrogens with one attached hydrogen (secondary N) is 1. The van der Waals surface area contributed by atoms with Crippen LogP contribution in [-0.4, -0.2) is 37.6 Å². The molecule has 0 radical (unpaired) electrons. The highest BCUT2D eigenvalue weighted by atomic mass is 35.5. The average Bonchev–Trinajstić information content (AvgIpc) is 2.66. The number of nitrogens with zero attached hydrogens (tertiary/aromatic N) is 1. The molecule has 0 unspecified atom stereocenters. The Morgan fingerprint density at radius 2 is 2.08 bits per heavy atom. The van der Waals surface area contributed by atoms with E-state index < -0.39 is 0 Å². The Hall–Kier alpha value is -2.24. The van der Waals surface area contributed by atoms with Crippen LogP contribution in [0.4, 0.5) is 5.69 Å². The van der Waals surface area contributed by atoms with Crippen molar-refractivity contribution in [1.82, 2.24) is 10.2 Å². The van der Waals surface area contributed by atoms with Crippen LogP contribution in [0.3, 0.4) is 0 Å². The topological polar surface area (TPSA) is 67.6 Å². The van der Waals surface area contributed by atoms with Gasteiger partial charge in [0.15, 0.2) is 0 Å². The number of carbonyl (C=O) groups is 1. The fraction of sp³-hybridized carbons (Fsp3) is 0.350. The number of methoxy groups -OCH3 is 1. The molecule has 138 valence electrons. The zero-order valence-corrected chi connectivity index (χ0v) is 15.7. The molecular formula is C20H24ClN3O2. The summed E-state index contributed by atoms with van der Waals surface area (Å²) in [5.74, 6) is 0.227. The fourth-order valence-electron chi connectivity index (χ4n) is 3.26. The minimum Gasteiger partial charge on any atom is -0.496 e. The summed E-state index contributed by atoms with van der Waals surface area (Å²) in [7, 11) is 1.51. The van der Waals surface area contributed by atoms with Gasteiger partial charge in [-0.05, 0) is 30.0 Å². The number of amides is 1. The maximum Gasteiger partial charge on any atom is 0.255 e. The standard InChI is InChI=1S/C20H24ClN3O2/c1-26-19-12-18(22)17(21)11-16(19)20(25)23-8-4-9-24-10-7-14-5-2-3-6-15(14)13-24/h2-3,5-6,11-12H,4,7-10,13,22H2,1H3,(H,23,25). The van der Waals surface area contributed by atoms with Crippen molar-refractivity contribution in [3.05, 3.63) is 58.1 Å². The van der Waals surface area contributed by atoms with E-state index in [4.69, 9.17) is 22.1 Å². The normalized spacial score (nSPS) is 13.9. The van der Waals surface area contributed by atoms with Gasteiger partial charge in [-0.15, -0.1) is 0 Å². The molecule has 3 rings (SSSR count). The molecule has 0 saturated carbocycles. The lowest BCUT2D eigenvalue weighted by atomic mass is 10.00. The molecule has 3 N–H and O–H groups in total. The number of benzene rings is 2. The summed E-state index contributed by atoms with van der Waals surface area (Å²) in [6.07, 6.45) is 1.97. The Morgan fingerprint density at radius 1 is 1.31 bits per heavy atom. The first-order chi connectivity index (χ1) is 12.6. The molecule has 0 atom stereocenters. The minimum atomic E-state index is -0.201. The quantitative estimate of drug-likeness (QED) is 0.603. The second kappa shape index (κ2) is 8.43. The van der Waals surface area contributed by atoms with E-state index in [1.165, 1.54) is 18.2 Å². The van der Waals surface area contributed by atoms with Crippen LogP contribution in [0.15, 0.2) is 36.4 Å². The van der Waals surface area contributed by atoms with Gasteiger partial charge in [-0.1, -0.05) is 35.9 Å². The highest BCUT2D eigenvalue weighted by Crippen LogP contribution is 2.28. The minimum absolute atomic E-state index is 0.201. The average molecular weight is 374 g/mol. The molecule has 0 aliphatic carbocycles. The number of halogens is 1. The molecule has 2 aromatic rings. The van der Waals surface area contributed by atoms with Crippen molar-refractivity contribution in [2.45, 2.75) is 19.4 Å². The number of ether oxygens (including phenoxy) is 1. The molecule has 1 aliphatic heterocycles. The number of hydrogen-bond acceptors (Lipinski definition) is 4. The molecule has 0 bridgehead atoms. The van der Waals surface area contributed by atoms with Gasteiger partial charge in [0.05, 0.1) is 23.4 Å². The Kier molecular flexibility index (Phi) is 6.01. The number of fused-ring (bicyclic) bond motifs is 1. The van der Waals surface area contributed by atoms with E-state index in [9.17, 15) is 4.79 Å². The summed E-state index contributed by atoms with van der Waals surface area (Å²) in [6, 6.07) is 11.7. The summed E-state index contributed by atoms with van der Waals surface area (Å²) in [4.78, 5) is 14.8. The van der Waals surface area contributed by atoms with E-state index in [0.717, 1.165) is 32.5 Å². The Labute approximate surface area is 159 Å². The maximum absolute atomic E-state index is 12.4. The van der Waals surface area contributed by atoms with Crippen LogP contribution in [0.1, 0.15) is 27.9 Å². The highest BCUT2D eigenvalue weighted by molar-refractivity contribution is 6.33. The highest BCUT2D eigenvalue weighted by Gasteiger charge is 2.16. The number of anilines is 1. The van der Waals surface area contributed by atoms with Gasteiger partial charge in [0.2, 0.25) is 0 Å². The third-order valence-electron chi connectivity index (χ3n) is 4.71. The van der Waals surface area contributed by atoms with Gasteiger partial charge in [0.1, 0.15) is 5.75 Å². The first-order valence-corrected chi connectivity index (χ1v) is 9.16. The first-order valence-electron chi connectivity index (χ1n) is 8.79. The summed E-state index contributed by atoms with van der Waals surface area (Å²) >= 11 is 6.02. The molecule has 6 heteroatoms. The van der Waals surface area contributed by atoms with Crippen LogP contribution in [0.2, 0.25) is 5.02 Å². The molecular weight excluding hydrogens is 350 g/mol. The van der Waals surface area contributed by atoms with Crippen LogP contribution in [0.5, 0.6) is 5.75 Å². The first kappa shape index (κ1) is 18.5. The zero-order chi connectivity index (χ0) is 18.5. The summed E-state index contributed by atoms with van der Waals surface area (Å²) in [5, 5.41) is 3.28. The van der Waals surface area contributed by atoms with E-state index in [2.05, 4.69) is 34.5 Å². The van der Waals surface area contributed by atoms with Gasteiger partial charge in [0.25, 0.3) is 5.91 Å². The number of nitrogens with two attached hydrogens (primary N) is 1. The third-order valence-corrected chi connectivity index (χ3v) is 5.04. The van der Waals surface area contributed by atoms with Crippen molar-refractivity contribution >= 4 is 23.2 Å². The number of nitrogen functional groups attached to an aromatic ring is 1. The Balaban J connectivity index is 1.48. The van der Waals surface area contributed by atoms with Gasteiger partial charge in [-0.2, -0.15) is 0 Å². The molecule has 2 aromatic carbocycles. The number of carbonyl (C=O) groups excluding carboxylic acids is 1. The van der Waals surface area contributed by atoms with Gasteiger partial charge < -0.3 is 15.8 Å². The second-order valence-electron chi connectivity index (χ2n) is 6.48. The van der Waals surface area contributed by atoms with Crippen molar-refractivity contribution in [3.63, 3.8) is 0 Å². The van der Waals surface area contributed by atoms with Gasteiger partial charge >= 0.3 is 0 Å². The lowest BCUT2D eigenvalue weighted by molar-refractivity contribution is 0.0948. The van der Waals surface area contributed by atoms with Crippen molar-refractivity contribution < 1.29 is 9.53 Å². The van der Waals surface area contributed by atoms with Crippen LogP contribution < -0.4 is 15.8 Å².